The van der Waals surface area contributed by atoms with Gasteiger partial charge in [-0.1, -0.05) is 6.92 Å². The maximum atomic E-state index is 12.0. The van der Waals surface area contributed by atoms with Crippen molar-refractivity contribution < 1.29 is 8.42 Å². The normalized spacial score (nSPS) is 11.7. The van der Waals surface area contributed by atoms with Gasteiger partial charge in [-0.05, 0) is 11.5 Å². The van der Waals surface area contributed by atoms with Gasteiger partial charge < -0.3 is 15.6 Å². The quantitative estimate of drug-likeness (QED) is 0.821. The molecule has 2 heterocycles. The molecule has 2 aromatic heterocycles. The predicted octanol–water partition coefficient (Wildman–Crippen LogP) is 0.907. The molecule has 0 atom stereocenters. The third kappa shape index (κ3) is 2.93. The highest BCUT2D eigenvalue weighted by molar-refractivity contribution is 7.91. The van der Waals surface area contributed by atoms with Gasteiger partial charge in [0, 0.05) is 32.4 Å². The maximum Gasteiger partial charge on any atom is 0.184 e. The molecule has 0 fully saturated rings. The summed E-state index contributed by atoms with van der Waals surface area (Å²) in [7, 11) is -1.45. The molecule has 0 unspecified atom stereocenters. The van der Waals surface area contributed by atoms with E-state index >= 15 is 0 Å². The summed E-state index contributed by atoms with van der Waals surface area (Å²) < 4.78 is 29.8. The molecule has 0 aliphatic carbocycles. The number of imidazole rings is 1. The maximum absolute atomic E-state index is 12.0. The van der Waals surface area contributed by atoms with E-state index < -0.39 is 9.84 Å². The summed E-state index contributed by atoms with van der Waals surface area (Å²) in [5.41, 5.74) is 5.66. The van der Waals surface area contributed by atoms with E-state index in [-0.39, 0.29) is 16.5 Å². The minimum atomic E-state index is -3.37. The lowest BCUT2D eigenvalue weighted by Gasteiger charge is -2.07. The number of nitrogens with two attached hydrogens (primary N) is 1. The Balaban J connectivity index is 2.10. The van der Waals surface area contributed by atoms with Crippen LogP contribution in [0.5, 0.6) is 0 Å². The largest absolute Gasteiger partial charge is 0.382 e. The smallest absolute Gasteiger partial charge is 0.184 e. The summed E-state index contributed by atoms with van der Waals surface area (Å²) in [6, 6.07) is 0. The first-order valence-electron chi connectivity index (χ1n) is 6.13. The summed E-state index contributed by atoms with van der Waals surface area (Å²) in [5.74, 6) is 0.996. The van der Waals surface area contributed by atoms with Gasteiger partial charge in [0.25, 0.3) is 0 Å². The number of nitrogens with one attached hydrogen (secondary N) is 1. The molecule has 2 rings (SSSR count). The number of hydrogen-bond acceptors (Lipinski definition) is 7. The number of hydrogen-bond donors (Lipinski definition) is 2. The van der Waals surface area contributed by atoms with Crippen molar-refractivity contribution in [2.24, 2.45) is 7.05 Å². The number of aromatic nitrogens is 3. The van der Waals surface area contributed by atoms with E-state index in [0.29, 0.717) is 18.0 Å². The lowest BCUT2D eigenvalue weighted by molar-refractivity contribution is 0.598. The Morgan fingerprint density at radius 2 is 2.25 bits per heavy atom. The van der Waals surface area contributed by atoms with Crippen LogP contribution in [0.1, 0.15) is 12.7 Å². The lowest BCUT2D eigenvalue weighted by Crippen LogP contribution is -2.12. The summed E-state index contributed by atoms with van der Waals surface area (Å²) >= 11 is 1.07. The van der Waals surface area contributed by atoms with Crippen LogP contribution < -0.4 is 11.1 Å². The Labute approximate surface area is 121 Å². The van der Waals surface area contributed by atoms with Crippen LogP contribution in [0, 0.1) is 0 Å². The fourth-order valence-electron chi connectivity index (χ4n) is 1.78. The fraction of sp³-hybridized carbons (Fsp3) is 0.455. The molecule has 9 heteroatoms. The third-order valence-electron chi connectivity index (χ3n) is 2.92. The van der Waals surface area contributed by atoms with E-state index in [1.165, 1.54) is 0 Å². The first-order valence-corrected chi connectivity index (χ1v) is 8.56. The standard InChI is InChI=1S/C11H17N5O2S2/c1-3-20(17,18)9-10(12)15-19-11(9)14-5-4-8-13-6-7-16(8)2/h6-7,14H,3-5H2,1-2H3,(H2,12,15). The lowest BCUT2D eigenvalue weighted by atomic mass is 10.4. The van der Waals surface area contributed by atoms with Crippen LogP contribution in [-0.2, 0) is 23.3 Å². The Morgan fingerprint density at radius 1 is 1.50 bits per heavy atom. The summed E-state index contributed by atoms with van der Waals surface area (Å²) in [5, 5.41) is 3.58. The molecule has 110 valence electrons. The highest BCUT2D eigenvalue weighted by Crippen LogP contribution is 2.32. The fourth-order valence-corrected chi connectivity index (χ4v) is 3.97. The molecule has 2 aromatic rings. The summed E-state index contributed by atoms with van der Waals surface area (Å²) in [4.78, 5) is 4.32. The highest BCUT2D eigenvalue weighted by Gasteiger charge is 2.23. The zero-order chi connectivity index (χ0) is 14.8. The Hall–Kier alpha value is -1.61. The molecule has 7 nitrogen and oxygen atoms in total. The summed E-state index contributed by atoms with van der Waals surface area (Å²) in [6.45, 7) is 2.16. The number of rotatable bonds is 6. The first-order chi connectivity index (χ1) is 9.45. The number of anilines is 2. The molecule has 0 aliphatic heterocycles. The van der Waals surface area contributed by atoms with Crippen molar-refractivity contribution in [3.8, 4) is 0 Å². The number of nitrogens with zero attached hydrogens (tertiary/aromatic N) is 3. The zero-order valence-corrected chi connectivity index (χ0v) is 13.0. The number of sulfone groups is 1. The highest BCUT2D eigenvalue weighted by atomic mass is 32.2. The van der Waals surface area contributed by atoms with E-state index in [9.17, 15) is 8.42 Å². The first kappa shape index (κ1) is 14.8. The number of nitrogen functional groups attached to an aromatic ring is 1. The van der Waals surface area contributed by atoms with Crippen LogP contribution >= 0.6 is 11.5 Å². The van der Waals surface area contributed by atoms with Crippen LogP contribution in [0.25, 0.3) is 0 Å². The van der Waals surface area contributed by atoms with Gasteiger partial charge in [-0.3, -0.25) is 0 Å². The Kier molecular flexibility index (Phi) is 4.29. The molecule has 0 saturated heterocycles. The van der Waals surface area contributed by atoms with Gasteiger partial charge in [-0.2, -0.15) is 4.37 Å². The molecule has 0 saturated carbocycles. The second kappa shape index (κ2) is 5.80. The van der Waals surface area contributed by atoms with E-state index in [1.807, 2.05) is 17.8 Å². The minimum Gasteiger partial charge on any atom is -0.382 e. The van der Waals surface area contributed by atoms with Gasteiger partial charge in [-0.25, -0.2) is 13.4 Å². The van der Waals surface area contributed by atoms with Crippen molar-refractivity contribution in [1.29, 1.82) is 0 Å². The van der Waals surface area contributed by atoms with Crippen molar-refractivity contribution >= 4 is 32.2 Å². The van der Waals surface area contributed by atoms with Crippen LogP contribution in [0.3, 0.4) is 0 Å². The number of aryl methyl sites for hydroxylation is 1. The molecular formula is C11H17N5O2S2. The van der Waals surface area contributed by atoms with Crippen molar-refractivity contribution in [2.75, 3.05) is 23.3 Å². The third-order valence-corrected chi connectivity index (χ3v) is 5.66. The predicted molar refractivity (Wildman–Crippen MR) is 79.7 cm³/mol. The summed E-state index contributed by atoms with van der Waals surface area (Å²) in [6.07, 6.45) is 4.28. The van der Waals surface area contributed by atoms with Crippen molar-refractivity contribution in [3.63, 3.8) is 0 Å². The van der Waals surface area contributed by atoms with Crippen molar-refractivity contribution in [1.82, 2.24) is 13.9 Å². The Bertz CT molecular complexity index is 689. The second-order valence-corrected chi connectivity index (χ2v) is 7.25. The SMILES string of the molecule is CCS(=O)(=O)c1c(N)nsc1NCCc1nccn1C. The van der Waals surface area contributed by atoms with Gasteiger partial charge in [0.05, 0.1) is 5.75 Å². The molecule has 3 N–H and O–H groups in total. The molecule has 0 aliphatic rings. The average Bonchev–Trinajstić information content (AvgIpc) is 2.97. The molecule has 0 bridgehead atoms. The molecule has 0 radical (unpaired) electrons. The van der Waals surface area contributed by atoms with Gasteiger partial charge >= 0.3 is 0 Å². The topological polar surface area (TPSA) is 103 Å². The van der Waals surface area contributed by atoms with Gasteiger partial charge in [0.1, 0.15) is 15.7 Å². The van der Waals surface area contributed by atoms with E-state index in [1.54, 1.807) is 13.1 Å². The van der Waals surface area contributed by atoms with Crippen molar-refractivity contribution in [2.45, 2.75) is 18.2 Å². The second-order valence-electron chi connectivity index (χ2n) is 4.26. The zero-order valence-electron chi connectivity index (χ0n) is 11.3. The van der Waals surface area contributed by atoms with Crippen LogP contribution in [0.2, 0.25) is 0 Å². The van der Waals surface area contributed by atoms with Gasteiger partial charge in [-0.15, -0.1) is 0 Å². The monoisotopic (exact) mass is 315 g/mol. The molecule has 20 heavy (non-hydrogen) atoms. The Morgan fingerprint density at radius 3 is 2.85 bits per heavy atom. The molecular weight excluding hydrogens is 298 g/mol. The van der Waals surface area contributed by atoms with E-state index in [2.05, 4.69) is 14.7 Å². The van der Waals surface area contributed by atoms with Crippen molar-refractivity contribution in [3.05, 3.63) is 18.2 Å². The molecule has 0 amide bonds. The molecule has 0 spiro atoms. The van der Waals surface area contributed by atoms with E-state index in [4.69, 9.17) is 5.73 Å². The van der Waals surface area contributed by atoms with Crippen LogP contribution in [-0.4, -0.2) is 34.6 Å². The van der Waals surface area contributed by atoms with Crippen LogP contribution in [0.15, 0.2) is 17.3 Å². The van der Waals surface area contributed by atoms with Crippen LogP contribution in [0.4, 0.5) is 10.8 Å². The molecule has 0 aromatic carbocycles. The minimum absolute atomic E-state index is 0.00363. The van der Waals surface area contributed by atoms with Gasteiger partial charge in [0.15, 0.2) is 15.7 Å². The van der Waals surface area contributed by atoms with Gasteiger partial charge in [0.2, 0.25) is 0 Å². The average molecular weight is 315 g/mol. The van der Waals surface area contributed by atoms with E-state index in [0.717, 1.165) is 17.4 Å².